The molecule has 0 saturated heterocycles. The third-order valence-corrected chi connectivity index (χ3v) is 3.40. The lowest BCUT2D eigenvalue weighted by Gasteiger charge is -2.12. The van der Waals surface area contributed by atoms with Crippen molar-refractivity contribution in [3.8, 4) is 5.75 Å². The summed E-state index contributed by atoms with van der Waals surface area (Å²) in [6, 6.07) is 11.9. The van der Waals surface area contributed by atoms with E-state index in [1.54, 1.807) is 12.1 Å². The fourth-order valence-electron chi connectivity index (χ4n) is 2.19. The van der Waals surface area contributed by atoms with Gasteiger partial charge in [-0.1, -0.05) is 24.3 Å². The highest BCUT2D eigenvalue weighted by molar-refractivity contribution is 6.06. The molecule has 0 heterocycles. The van der Waals surface area contributed by atoms with E-state index in [-0.39, 0.29) is 11.3 Å². The normalized spacial score (nSPS) is 11.5. The highest BCUT2D eigenvalue weighted by Crippen LogP contribution is 2.23. The van der Waals surface area contributed by atoms with Gasteiger partial charge in [0.05, 0.1) is 17.9 Å². The number of hydrogen-bond donors (Lipinski definition) is 4. The summed E-state index contributed by atoms with van der Waals surface area (Å²) in [5, 5.41) is 30.1. The summed E-state index contributed by atoms with van der Waals surface area (Å²) in [7, 11) is 0. The van der Waals surface area contributed by atoms with Crippen LogP contribution in [0.5, 0.6) is 5.75 Å². The van der Waals surface area contributed by atoms with Gasteiger partial charge < -0.3 is 20.6 Å². The maximum atomic E-state index is 12.1. The molecule has 7 nitrogen and oxygen atoms in total. The van der Waals surface area contributed by atoms with Gasteiger partial charge in [0.2, 0.25) is 0 Å². The van der Waals surface area contributed by atoms with Gasteiger partial charge >= 0.3 is 11.9 Å². The highest BCUT2D eigenvalue weighted by Gasteiger charge is 2.23. The number of hydrogen-bond acceptors (Lipinski definition) is 4. The number of carbonyl (C=O) groups is 3. The molecule has 4 N–H and O–H groups in total. The Morgan fingerprint density at radius 2 is 1.58 bits per heavy atom. The van der Waals surface area contributed by atoms with Crippen LogP contribution in [0.4, 0.5) is 5.69 Å². The lowest BCUT2D eigenvalue weighted by molar-refractivity contribution is -0.145. The zero-order chi connectivity index (χ0) is 17.7. The van der Waals surface area contributed by atoms with Gasteiger partial charge in [-0.3, -0.25) is 14.4 Å². The van der Waals surface area contributed by atoms with Crippen molar-refractivity contribution >= 4 is 23.5 Å². The average molecular weight is 329 g/mol. The molecule has 7 heteroatoms. The lowest BCUT2D eigenvalue weighted by Crippen LogP contribution is -2.16. The van der Waals surface area contributed by atoms with Crippen molar-refractivity contribution in [1.82, 2.24) is 0 Å². The molecule has 0 fully saturated rings. The smallest absolute Gasteiger partial charge is 0.311 e. The van der Waals surface area contributed by atoms with Crippen LogP contribution in [0.1, 0.15) is 28.3 Å². The second kappa shape index (κ2) is 7.28. The number of carboxylic acids is 2. The molecule has 2 aromatic rings. The van der Waals surface area contributed by atoms with Crippen LogP contribution in [-0.4, -0.2) is 33.2 Å². The Bertz CT molecular complexity index is 769. The number of aliphatic carboxylic acids is 2. The van der Waals surface area contributed by atoms with Crippen LogP contribution < -0.4 is 5.32 Å². The Morgan fingerprint density at radius 1 is 0.958 bits per heavy atom. The molecule has 0 spiro atoms. The summed E-state index contributed by atoms with van der Waals surface area (Å²) in [6.07, 6.45) is -0.529. The van der Waals surface area contributed by atoms with Gasteiger partial charge in [0.25, 0.3) is 5.91 Å². The number of phenols is 1. The Morgan fingerprint density at radius 3 is 2.12 bits per heavy atom. The van der Waals surface area contributed by atoms with Crippen LogP contribution in [-0.2, 0) is 9.59 Å². The average Bonchev–Trinajstić information content (AvgIpc) is 2.53. The predicted molar refractivity (Wildman–Crippen MR) is 85.1 cm³/mol. The summed E-state index contributed by atoms with van der Waals surface area (Å²) in [6.45, 7) is 0. The third kappa shape index (κ3) is 4.10. The Kier molecular flexibility index (Phi) is 5.16. The number of phenolic OH excluding ortho intramolecular Hbond substituents is 1. The minimum Gasteiger partial charge on any atom is -0.507 e. The second-order valence-electron chi connectivity index (χ2n) is 5.08. The standard InChI is InChI=1S/C17H15NO6/c19-14-4-2-1-3-12(14)16(22)18-11-7-5-10(6-8-11)13(17(23)24)9-15(20)21/h1-8,13,19H,9H2,(H,18,22)(H,20,21)(H,23,24). The number of rotatable bonds is 6. The molecule has 1 amide bonds. The van der Waals surface area contributed by atoms with Gasteiger partial charge in [0.15, 0.2) is 0 Å². The van der Waals surface area contributed by atoms with Crippen LogP contribution in [0.25, 0.3) is 0 Å². The van der Waals surface area contributed by atoms with E-state index in [1.165, 1.54) is 36.4 Å². The van der Waals surface area contributed by atoms with Crippen LogP contribution >= 0.6 is 0 Å². The van der Waals surface area contributed by atoms with Crippen molar-refractivity contribution in [3.63, 3.8) is 0 Å². The zero-order valence-corrected chi connectivity index (χ0v) is 12.5. The van der Waals surface area contributed by atoms with Gasteiger partial charge in [-0.25, -0.2) is 0 Å². The fourth-order valence-corrected chi connectivity index (χ4v) is 2.19. The number of para-hydroxylation sites is 1. The molecule has 0 saturated carbocycles. The van der Waals surface area contributed by atoms with E-state index in [2.05, 4.69) is 5.32 Å². The molecular formula is C17H15NO6. The monoisotopic (exact) mass is 329 g/mol. The van der Waals surface area contributed by atoms with Gasteiger partial charge in [-0.2, -0.15) is 0 Å². The Labute approximate surface area is 137 Å². The quantitative estimate of drug-likeness (QED) is 0.644. The van der Waals surface area contributed by atoms with Gasteiger partial charge in [0, 0.05) is 5.69 Å². The first-order valence-electron chi connectivity index (χ1n) is 7.02. The van der Waals surface area contributed by atoms with E-state index in [0.29, 0.717) is 11.3 Å². The van der Waals surface area contributed by atoms with Crippen LogP contribution in [0.3, 0.4) is 0 Å². The number of anilines is 1. The summed E-state index contributed by atoms with van der Waals surface area (Å²) in [4.78, 5) is 34.0. The molecule has 0 aliphatic rings. The maximum absolute atomic E-state index is 12.1. The molecule has 1 atom stereocenters. The molecule has 2 rings (SSSR count). The first-order chi connectivity index (χ1) is 11.4. The van der Waals surface area contributed by atoms with Crippen LogP contribution in [0.2, 0.25) is 0 Å². The maximum Gasteiger partial charge on any atom is 0.311 e. The number of amides is 1. The van der Waals surface area contributed by atoms with Crippen molar-refractivity contribution in [3.05, 3.63) is 59.7 Å². The van der Waals surface area contributed by atoms with Crippen molar-refractivity contribution < 1.29 is 29.7 Å². The van der Waals surface area contributed by atoms with Gasteiger partial charge in [0.1, 0.15) is 5.75 Å². The number of carboxylic acid groups (broad SMARTS) is 2. The zero-order valence-electron chi connectivity index (χ0n) is 12.5. The van der Waals surface area contributed by atoms with Crippen molar-refractivity contribution in [1.29, 1.82) is 0 Å². The molecular weight excluding hydrogens is 314 g/mol. The molecule has 0 aliphatic carbocycles. The topological polar surface area (TPSA) is 124 Å². The molecule has 0 aliphatic heterocycles. The minimum absolute atomic E-state index is 0.107. The first kappa shape index (κ1) is 17.0. The molecule has 124 valence electrons. The lowest BCUT2D eigenvalue weighted by atomic mass is 9.96. The second-order valence-corrected chi connectivity index (χ2v) is 5.08. The van der Waals surface area contributed by atoms with E-state index in [9.17, 15) is 19.5 Å². The van der Waals surface area contributed by atoms with Crippen molar-refractivity contribution in [2.24, 2.45) is 0 Å². The number of nitrogens with one attached hydrogen (secondary N) is 1. The number of aromatic hydroxyl groups is 1. The van der Waals surface area contributed by atoms with Crippen molar-refractivity contribution in [2.75, 3.05) is 5.32 Å². The molecule has 24 heavy (non-hydrogen) atoms. The number of benzene rings is 2. The first-order valence-corrected chi connectivity index (χ1v) is 7.02. The van der Waals surface area contributed by atoms with Crippen LogP contribution in [0.15, 0.2) is 48.5 Å². The Balaban J connectivity index is 2.14. The summed E-state index contributed by atoms with van der Waals surface area (Å²) >= 11 is 0. The van der Waals surface area contributed by atoms with Gasteiger partial charge in [-0.05, 0) is 29.8 Å². The van der Waals surface area contributed by atoms with Crippen LogP contribution in [0, 0.1) is 0 Å². The summed E-state index contributed by atoms with van der Waals surface area (Å²) < 4.78 is 0. The fraction of sp³-hybridized carbons (Fsp3) is 0.118. The van der Waals surface area contributed by atoms with E-state index in [4.69, 9.17) is 10.2 Å². The molecule has 1 unspecified atom stereocenters. The largest absolute Gasteiger partial charge is 0.507 e. The van der Waals surface area contributed by atoms with E-state index in [1.807, 2.05) is 0 Å². The number of carbonyl (C=O) groups excluding carboxylic acids is 1. The molecule has 0 radical (unpaired) electrons. The summed E-state index contributed by atoms with van der Waals surface area (Å²) in [5.74, 6) is -4.27. The molecule has 0 aromatic heterocycles. The van der Waals surface area contributed by atoms with Gasteiger partial charge in [-0.15, -0.1) is 0 Å². The molecule has 2 aromatic carbocycles. The third-order valence-electron chi connectivity index (χ3n) is 3.40. The predicted octanol–water partition coefficient (Wildman–Crippen LogP) is 2.29. The Hall–Kier alpha value is -3.35. The minimum atomic E-state index is -1.23. The SMILES string of the molecule is O=C(O)CC(C(=O)O)c1ccc(NC(=O)c2ccccc2O)cc1. The van der Waals surface area contributed by atoms with E-state index in [0.717, 1.165) is 0 Å². The summed E-state index contributed by atoms with van der Waals surface area (Å²) in [5.41, 5.74) is 0.827. The van der Waals surface area contributed by atoms with Crippen molar-refractivity contribution in [2.45, 2.75) is 12.3 Å². The molecule has 0 bridgehead atoms. The highest BCUT2D eigenvalue weighted by atomic mass is 16.4. The van der Waals surface area contributed by atoms with E-state index < -0.39 is 30.2 Å². The van der Waals surface area contributed by atoms with E-state index >= 15 is 0 Å².